The van der Waals surface area contributed by atoms with E-state index in [9.17, 15) is 9.59 Å². The van der Waals surface area contributed by atoms with Crippen LogP contribution in [0, 0.1) is 17.8 Å². The van der Waals surface area contributed by atoms with Crippen molar-refractivity contribution in [2.45, 2.75) is 30.6 Å². The Morgan fingerprint density at radius 3 is 2.22 bits per heavy atom. The van der Waals surface area contributed by atoms with E-state index in [4.69, 9.17) is 10.2 Å². The van der Waals surface area contributed by atoms with Gasteiger partial charge in [-0.2, -0.15) is 0 Å². The van der Waals surface area contributed by atoms with Gasteiger partial charge >= 0.3 is 11.9 Å². The number of hydrogen-bond acceptors (Lipinski definition) is 3. The van der Waals surface area contributed by atoms with E-state index >= 15 is 0 Å². The number of benzene rings is 1. The smallest absolute Gasteiger partial charge is 0.328 e. The van der Waals surface area contributed by atoms with Crippen LogP contribution in [0.3, 0.4) is 0 Å². The van der Waals surface area contributed by atoms with E-state index in [1.165, 1.54) is 24.2 Å². The van der Waals surface area contributed by atoms with Crippen LogP contribution in [0.4, 0.5) is 0 Å². The highest BCUT2D eigenvalue weighted by Gasteiger charge is 2.42. The number of rotatable bonds is 4. The zero-order valence-electron chi connectivity index (χ0n) is 13.1. The first kappa shape index (κ1) is 17.6. The van der Waals surface area contributed by atoms with Gasteiger partial charge in [0.05, 0.1) is 5.92 Å². The van der Waals surface area contributed by atoms with Gasteiger partial charge in [0.2, 0.25) is 0 Å². The molecule has 1 aromatic carbocycles. The summed E-state index contributed by atoms with van der Waals surface area (Å²) < 4.78 is 0. The van der Waals surface area contributed by atoms with Crippen molar-refractivity contribution in [1.29, 1.82) is 0 Å². The molecule has 3 unspecified atom stereocenters. The summed E-state index contributed by atoms with van der Waals surface area (Å²) in [6.45, 7) is 0. The second kappa shape index (κ2) is 8.20. The minimum Gasteiger partial charge on any atom is -0.481 e. The number of thioether (sulfide) groups is 1. The minimum absolute atomic E-state index is 0.0127. The fraction of sp³-hybridized carbons (Fsp3) is 0.444. The van der Waals surface area contributed by atoms with E-state index in [2.05, 4.69) is 0 Å². The molecule has 2 N–H and O–H groups in total. The molecule has 124 valence electrons. The Hall–Kier alpha value is -1.75. The van der Waals surface area contributed by atoms with Gasteiger partial charge in [-0.1, -0.05) is 18.6 Å². The normalized spacial score (nSPS) is 25.2. The molecule has 3 rings (SSSR count). The molecule has 1 aromatic rings. The van der Waals surface area contributed by atoms with Crippen LogP contribution in [0.15, 0.2) is 35.2 Å². The molecule has 0 spiro atoms. The summed E-state index contributed by atoms with van der Waals surface area (Å²) in [5, 5.41) is 17.1. The molecule has 0 saturated heterocycles. The zero-order chi connectivity index (χ0) is 16.8. The highest BCUT2D eigenvalue weighted by molar-refractivity contribution is 7.98. The Morgan fingerprint density at radius 2 is 1.83 bits per heavy atom. The van der Waals surface area contributed by atoms with Crippen molar-refractivity contribution in [2.75, 3.05) is 6.26 Å². The predicted octanol–water partition coefficient (Wildman–Crippen LogP) is 4.01. The molecule has 5 heteroatoms. The fourth-order valence-electron chi connectivity index (χ4n) is 3.43. The second-order valence-electron chi connectivity index (χ2n) is 6.06. The van der Waals surface area contributed by atoms with Crippen molar-refractivity contribution >= 4 is 29.8 Å². The van der Waals surface area contributed by atoms with Crippen LogP contribution in [-0.4, -0.2) is 28.4 Å². The van der Waals surface area contributed by atoms with Gasteiger partial charge in [0, 0.05) is 11.0 Å². The standard InChI is InChI=1S/C10H10O2S.C8H12O2/c1-13-9-5-2-8(3-6-9)4-7-10(11)12;9-8(10)7-4-5-1-2-6(7)3-5/h2-7H,1H3,(H,11,12);5-7H,1-4H2,(H,9,10). The summed E-state index contributed by atoms with van der Waals surface area (Å²) in [4.78, 5) is 22.0. The van der Waals surface area contributed by atoms with E-state index in [0.29, 0.717) is 5.92 Å². The van der Waals surface area contributed by atoms with Crippen LogP contribution >= 0.6 is 11.8 Å². The fourth-order valence-corrected chi connectivity index (χ4v) is 3.84. The van der Waals surface area contributed by atoms with Gasteiger partial charge in [0.15, 0.2) is 0 Å². The van der Waals surface area contributed by atoms with Gasteiger partial charge in [-0.25, -0.2) is 4.79 Å². The van der Waals surface area contributed by atoms with E-state index in [1.54, 1.807) is 17.8 Å². The number of hydrogen-bond donors (Lipinski definition) is 2. The number of carboxylic acids is 2. The molecule has 0 aromatic heterocycles. The Kier molecular flexibility index (Phi) is 6.28. The Bertz CT molecular complexity index is 579. The lowest BCUT2D eigenvalue weighted by Crippen LogP contribution is -2.19. The summed E-state index contributed by atoms with van der Waals surface area (Å²) >= 11 is 1.66. The van der Waals surface area contributed by atoms with Gasteiger partial charge < -0.3 is 10.2 Å². The van der Waals surface area contributed by atoms with Crippen LogP contribution < -0.4 is 0 Å². The van der Waals surface area contributed by atoms with Gasteiger partial charge in [0.25, 0.3) is 0 Å². The topological polar surface area (TPSA) is 74.6 Å². The lowest BCUT2D eigenvalue weighted by molar-refractivity contribution is -0.143. The molecule has 2 fully saturated rings. The molecule has 0 radical (unpaired) electrons. The van der Waals surface area contributed by atoms with Crippen LogP contribution in [-0.2, 0) is 9.59 Å². The molecule has 2 aliphatic carbocycles. The van der Waals surface area contributed by atoms with Crippen molar-refractivity contribution in [3.8, 4) is 0 Å². The summed E-state index contributed by atoms with van der Waals surface area (Å²) in [6.07, 6.45) is 9.32. The van der Waals surface area contributed by atoms with Crippen molar-refractivity contribution in [2.24, 2.45) is 17.8 Å². The Balaban J connectivity index is 0.000000172. The molecule has 2 saturated carbocycles. The van der Waals surface area contributed by atoms with Crippen LogP contribution in [0.25, 0.3) is 6.08 Å². The Labute approximate surface area is 140 Å². The van der Waals surface area contributed by atoms with E-state index < -0.39 is 11.9 Å². The van der Waals surface area contributed by atoms with Crippen molar-refractivity contribution in [3.63, 3.8) is 0 Å². The van der Waals surface area contributed by atoms with Crippen molar-refractivity contribution in [1.82, 2.24) is 0 Å². The van der Waals surface area contributed by atoms with E-state index in [1.807, 2.05) is 30.5 Å². The van der Waals surface area contributed by atoms with Crippen LogP contribution in [0.5, 0.6) is 0 Å². The van der Waals surface area contributed by atoms with Gasteiger partial charge in [-0.3, -0.25) is 4.79 Å². The van der Waals surface area contributed by atoms with Gasteiger partial charge in [-0.05, 0) is 61.1 Å². The molecule has 3 atom stereocenters. The van der Waals surface area contributed by atoms with Crippen molar-refractivity contribution in [3.05, 3.63) is 35.9 Å². The molecule has 4 nitrogen and oxygen atoms in total. The minimum atomic E-state index is -0.922. The lowest BCUT2D eigenvalue weighted by Gasteiger charge is -2.16. The second-order valence-corrected chi connectivity index (χ2v) is 6.94. The number of aliphatic carboxylic acids is 2. The van der Waals surface area contributed by atoms with Gasteiger partial charge in [0.1, 0.15) is 0 Å². The van der Waals surface area contributed by atoms with Crippen LogP contribution in [0.2, 0.25) is 0 Å². The summed E-state index contributed by atoms with van der Waals surface area (Å²) in [7, 11) is 0. The highest BCUT2D eigenvalue weighted by atomic mass is 32.2. The monoisotopic (exact) mass is 334 g/mol. The molecular weight excluding hydrogens is 312 g/mol. The van der Waals surface area contributed by atoms with Crippen LogP contribution in [0.1, 0.15) is 31.2 Å². The third-order valence-corrected chi connectivity index (χ3v) is 5.33. The number of fused-ring (bicyclic) bond motifs is 2. The first-order chi connectivity index (χ1) is 11.0. The lowest BCUT2D eigenvalue weighted by atomic mass is 9.89. The molecule has 2 bridgehead atoms. The highest BCUT2D eigenvalue weighted by Crippen LogP contribution is 2.48. The summed E-state index contributed by atoms with van der Waals surface area (Å²) in [5.74, 6) is -0.187. The molecular formula is C18H22O4S. The maximum atomic E-state index is 10.6. The third-order valence-electron chi connectivity index (χ3n) is 4.59. The average Bonchev–Trinajstić information content (AvgIpc) is 3.17. The zero-order valence-corrected chi connectivity index (χ0v) is 14.0. The molecule has 2 aliphatic rings. The molecule has 0 heterocycles. The molecule has 0 amide bonds. The molecule has 23 heavy (non-hydrogen) atoms. The number of carbonyl (C=O) groups is 2. The summed E-state index contributed by atoms with van der Waals surface area (Å²) in [6, 6.07) is 7.72. The van der Waals surface area contributed by atoms with E-state index in [0.717, 1.165) is 24.0 Å². The molecule has 0 aliphatic heterocycles. The van der Waals surface area contributed by atoms with Gasteiger partial charge in [-0.15, -0.1) is 11.8 Å². The largest absolute Gasteiger partial charge is 0.481 e. The third kappa shape index (κ3) is 5.13. The summed E-state index contributed by atoms with van der Waals surface area (Å²) in [5.41, 5.74) is 0.903. The first-order valence-corrected chi connectivity index (χ1v) is 9.00. The number of carboxylic acid groups (broad SMARTS) is 2. The van der Waals surface area contributed by atoms with E-state index in [-0.39, 0.29) is 5.92 Å². The maximum absolute atomic E-state index is 10.6. The Morgan fingerprint density at radius 1 is 1.13 bits per heavy atom. The SMILES string of the molecule is CSc1ccc(C=CC(=O)O)cc1.O=C(O)C1CC2CCC1C2. The quantitative estimate of drug-likeness (QED) is 0.643. The predicted molar refractivity (Wildman–Crippen MR) is 91.5 cm³/mol. The first-order valence-electron chi connectivity index (χ1n) is 7.77. The van der Waals surface area contributed by atoms with Crippen molar-refractivity contribution < 1.29 is 19.8 Å². The average molecular weight is 334 g/mol. The maximum Gasteiger partial charge on any atom is 0.328 e.